The lowest BCUT2D eigenvalue weighted by Crippen LogP contribution is -2.51. The molecule has 1 atom stereocenters. The molecule has 23 heavy (non-hydrogen) atoms. The number of hydrogen-bond acceptors (Lipinski definition) is 5. The van der Waals surface area contributed by atoms with Gasteiger partial charge in [0.05, 0.1) is 12.6 Å². The Morgan fingerprint density at radius 3 is 2.96 bits per heavy atom. The normalized spacial score (nSPS) is 22.3. The van der Waals surface area contributed by atoms with Gasteiger partial charge in [0, 0.05) is 32.6 Å². The molecule has 1 N–H and O–H groups in total. The van der Waals surface area contributed by atoms with Crippen molar-refractivity contribution in [2.75, 3.05) is 32.8 Å². The summed E-state index contributed by atoms with van der Waals surface area (Å²) in [6, 6.07) is 6.71. The third-order valence-corrected chi connectivity index (χ3v) is 4.36. The Labute approximate surface area is 134 Å². The number of carbonyl (C=O) groups excluding carboxylic acids is 1. The van der Waals surface area contributed by atoms with Crippen LogP contribution in [0, 0.1) is 0 Å². The van der Waals surface area contributed by atoms with Crippen LogP contribution in [0.5, 0.6) is 5.75 Å². The number of cyclic esters (lactones) is 1. The fraction of sp³-hybridized carbons (Fsp3) is 0.500. The monoisotopic (exact) mass is 320 g/mol. The zero-order chi connectivity index (χ0) is 16.2. The van der Waals surface area contributed by atoms with Gasteiger partial charge in [0.2, 0.25) is 0 Å². The summed E-state index contributed by atoms with van der Waals surface area (Å²) in [5.41, 5.74) is 2.65. The highest BCUT2D eigenvalue weighted by molar-refractivity contribution is 5.70. The van der Waals surface area contributed by atoms with Gasteiger partial charge < -0.3 is 14.6 Å². The topological polar surface area (TPSA) is 79.3 Å². The van der Waals surface area contributed by atoms with Gasteiger partial charge in [-0.05, 0) is 17.2 Å². The minimum atomic E-state index is -0.250. The van der Waals surface area contributed by atoms with E-state index >= 15 is 0 Å². The van der Waals surface area contributed by atoms with E-state index < -0.39 is 0 Å². The lowest BCUT2D eigenvalue weighted by atomic mass is 10.1. The van der Waals surface area contributed by atoms with Crippen LogP contribution in [-0.4, -0.2) is 66.4 Å². The third kappa shape index (κ3) is 3.39. The van der Waals surface area contributed by atoms with Crippen molar-refractivity contribution in [1.29, 1.82) is 0 Å². The molecule has 1 aromatic rings. The second-order valence-electron chi connectivity index (χ2n) is 5.81. The second-order valence-corrected chi connectivity index (χ2v) is 5.81. The molecule has 0 aliphatic carbocycles. The van der Waals surface area contributed by atoms with Crippen molar-refractivity contribution < 1.29 is 24.2 Å². The Bertz CT molecular complexity index is 592. The first-order chi connectivity index (χ1) is 11.2. The van der Waals surface area contributed by atoms with Crippen molar-refractivity contribution in [3.8, 4) is 5.75 Å². The number of fused-ring (bicyclic) bond motifs is 2. The van der Waals surface area contributed by atoms with Gasteiger partial charge in [-0.25, -0.2) is 4.79 Å². The van der Waals surface area contributed by atoms with Crippen LogP contribution in [0.2, 0.25) is 0 Å². The Kier molecular flexibility index (Phi) is 4.66. The van der Waals surface area contributed by atoms with E-state index in [0.717, 1.165) is 45.0 Å². The van der Waals surface area contributed by atoms with E-state index in [9.17, 15) is 4.79 Å². The first kappa shape index (κ1) is 15.6. The molecule has 0 radical (unpaired) electrons. The molecule has 1 amide bonds. The minimum absolute atomic E-state index is 0.149. The molecule has 7 heteroatoms. The molecule has 0 saturated carbocycles. The van der Waals surface area contributed by atoms with Gasteiger partial charge in [0.25, 0.3) is 6.47 Å². The number of nitrogens with zero attached hydrogens (tertiary/aromatic N) is 2. The van der Waals surface area contributed by atoms with Crippen LogP contribution in [0.15, 0.2) is 18.2 Å². The molecule has 7 nitrogen and oxygen atoms in total. The zero-order valence-electron chi connectivity index (χ0n) is 12.8. The highest BCUT2D eigenvalue weighted by atomic mass is 16.6. The van der Waals surface area contributed by atoms with Crippen LogP contribution in [0.1, 0.15) is 11.1 Å². The van der Waals surface area contributed by atoms with E-state index in [-0.39, 0.29) is 18.6 Å². The zero-order valence-corrected chi connectivity index (χ0v) is 12.8. The number of carbonyl (C=O) groups is 2. The SMILES string of the molecule is O=C1OCC2CN(Cc3ccc4c(c3)CCO4)CCN12.O=CO. The summed E-state index contributed by atoms with van der Waals surface area (Å²) < 4.78 is 10.6. The summed E-state index contributed by atoms with van der Waals surface area (Å²) in [5.74, 6) is 1.04. The molecular weight excluding hydrogens is 300 g/mol. The maximum Gasteiger partial charge on any atom is 0.410 e. The number of rotatable bonds is 2. The van der Waals surface area contributed by atoms with Crippen LogP contribution in [-0.2, 0) is 22.5 Å². The molecule has 2 fully saturated rings. The maximum atomic E-state index is 11.5. The van der Waals surface area contributed by atoms with Crippen molar-refractivity contribution in [2.24, 2.45) is 0 Å². The highest BCUT2D eigenvalue weighted by Crippen LogP contribution is 2.27. The van der Waals surface area contributed by atoms with Gasteiger partial charge in [-0.2, -0.15) is 0 Å². The average molecular weight is 320 g/mol. The summed E-state index contributed by atoms with van der Waals surface area (Å²) in [6.45, 7) is 4.62. The number of piperazine rings is 1. The van der Waals surface area contributed by atoms with E-state index in [2.05, 4.69) is 23.1 Å². The molecular formula is C16H20N2O5. The van der Waals surface area contributed by atoms with Crippen molar-refractivity contribution in [3.05, 3.63) is 29.3 Å². The van der Waals surface area contributed by atoms with Crippen molar-refractivity contribution in [3.63, 3.8) is 0 Å². The van der Waals surface area contributed by atoms with Crippen LogP contribution >= 0.6 is 0 Å². The predicted molar refractivity (Wildman–Crippen MR) is 81.5 cm³/mol. The number of carboxylic acid groups (broad SMARTS) is 1. The third-order valence-electron chi connectivity index (χ3n) is 4.36. The van der Waals surface area contributed by atoms with E-state index in [4.69, 9.17) is 19.4 Å². The quantitative estimate of drug-likeness (QED) is 0.818. The molecule has 4 rings (SSSR count). The molecule has 3 aliphatic rings. The summed E-state index contributed by atoms with van der Waals surface area (Å²) in [6.07, 6.45) is 0.867. The largest absolute Gasteiger partial charge is 0.493 e. The number of ether oxygens (including phenoxy) is 2. The van der Waals surface area contributed by atoms with Crippen molar-refractivity contribution >= 4 is 12.6 Å². The standard InChI is InChI=1S/C15H18N2O3.CH2O2/c18-15-17-5-4-16(9-13(17)10-20-15)8-11-1-2-14-12(7-11)3-6-19-14;2-1-3/h1-2,7,13H,3-6,8-10H2;1H,(H,2,3). The molecule has 0 aromatic heterocycles. The van der Waals surface area contributed by atoms with E-state index in [1.807, 2.05) is 4.90 Å². The lowest BCUT2D eigenvalue weighted by Gasteiger charge is -2.35. The van der Waals surface area contributed by atoms with Gasteiger partial charge in [0.15, 0.2) is 0 Å². The Morgan fingerprint density at radius 1 is 1.30 bits per heavy atom. The van der Waals surface area contributed by atoms with Crippen LogP contribution < -0.4 is 4.74 Å². The minimum Gasteiger partial charge on any atom is -0.493 e. The van der Waals surface area contributed by atoms with E-state index in [1.165, 1.54) is 11.1 Å². The first-order valence-corrected chi connectivity index (χ1v) is 7.69. The molecule has 0 spiro atoms. The van der Waals surface area contributed by atoms with Crippen molar-refractivity contribution in [1.82, 2.24) is 9.80 Å². The van der Waals surface area contributed by atoms with Gasteiger partial charge in [-0.15, -0.1) is 0 Å². The number of hydrogen-bond donors (Lipinski definition) is 1. The summed E-state index contributed by atoms with van der Waals surface area (Å²) >= 11 is 0. The average Bonchev–Trinajstić information content (AvgIpc) is 3.15. The predicted octanol–water partition coefficient (Wildman–Crippen LogP) is 0.959. The Balaban J connectivity index is 0.000000485. The van der Waals surface area contributed by atoms with Crippen LogP contribution in [0.3, 0.4) is 0 Å². The fourth-order valence-corrected chi connectivity index (χ4v) is 3.29. The molecule has 3 aliphatic heterocycles. The van der Waals surface area contributed by atoms with E-state index in [0.29, 0.717) is 6.61 Å². The molecule has 1 aromatic carbocycles. The van der Waals surface area contributed by atoms with Gasteiger partial charge in [-0.1, -0.05) is 12.1 Å². The maximum absolute atomic E-state index is 11.5. The van der Waals surface area contributed by atoms with Crippen molar-refractivity contribution in [2.45, 2.75) is 19.0 Å². The Hall–Kier alpha value is -2.28. The summed E-state index contributed by atoms with van der Waals surface area (Å²) in [4.78, 5) is 24.1. The Morgan fingerprint density at radius 2 is 2.13 bits per heavy atom. The lowest BCUT2D eigenvalue weighted by molar-refractivity contribution is -0.122. The number of benzene rings is 1. The van der Waals surface area contributed by atoms with Crippen LogP contribution in [0.4, 0.5) is 4.79 Å². The first-order valence-electron chi connectivity index (χ1n) is 7.69. The fourth-order valence-electron chi connectivity index (χ4n) is 3.29. The molecule has 2 saturated heterocycles. The van der Waals surface area contributed by atoms with Gasteiger partial charge >= 0.3 is 6.09 Å². The second kappa shape index (κ2) is 6.87. The van der Waals surface area contributed by atoms with E-state index in [1.54, 1.807) is 0 Å². The molecule has 0 bridgehead atoms. The molecule has 3 heterocycles. The van der Waals surface area contributed by atoms with Crippen LogP contribution in [0.25, 0.3) is 0 Å². The van der Waals surface area contributed by atoms with Gasteiger partial charge in [0.1, 0.15) is 12.4 Å². The molecule has 124 valence electrons. The smallest absolute Gasteiger partial charge is 0.410 e. The van der Waals surface area contributed by atoms with Gasteiger partial charge in [-0.3, -0.25) is 14.6 Å². The highest BCUT2D eigenvalue weighted by Gasteiger charge is 2.37. The summed E-state index contributed by atoms with van der Waals surface area (Å²) in [5, 5.41) is 6.89. The number of amides is 1. The molecule has 1 unspecified atom stereocenters. The summed E-state index contributed by atoms with van der Waals surface area (Å²) in [7, 11) is 0.